The number of carbonyl (C=O) groups excluding carboxylic acids is 1. The van der Waals surface area contributed by atoms with Crippen molar-refractivity contribution < 1.29 is 14.5 Å². The highest BCUT2D eigenvalue weighted by Crippen LogP contribution is 2.29. The van der Waals surface area contributed by atoms with Crippen LogP contribution < -0.4 is 5.32 Å². The molecular weight excluding hydrogens is 296 g/mol. The van der Waals surface area contributed by atoms with E-state index in [9.17, 15) is 14.9 Å². The Morgan fingerprint density at radius 3 is 2.48 bits per heavy atom. The van der Waals surface area contributed by atoms with Crippen molar-refractivity contribution in [3.63, 3.8) is 0 Å². The van der Waals surface area contributed by atoms with Crippen molar-refractivity contribution in [2.24, 2.45) is 5.92 Å². The first-order valence-electron chi connectivity index (χ1n) is 7.75. The second kappa shape index (κ2) is 7.37. The zero-order valence-electron chi connectivity index (χ0n) is 13.5. The molecule has 2 rings (SSSR count). The van der Waals surface area contributed by atoms with Gasteiger partial charge in [0.2, 0.25) is 0 Å². The number of nitro groups is 1. The predicted octanol–water partition coefficient (Wildman–Crippen LogP) is 2.93. The van der Waals surface area contributed by atoms with E-state index in [1.165, 1.54) is 18.2 Å². The minimum absolute atomic E-state index is 0.0248. The van der Waals surface area contributed by atoms with E-state index in [0.717, 1.165) is 25.9 Å². The average Bonchev–Trinajstić information content (AvgIpc) is 2.54. The monoisotopic (exact) mass is 318 g/mol. The zero-order valence-corrected chi connectivity index (χ0v) is 13.5. The van der Waals surface area contributed by atoms with E-state index in [4.69, 9.17) is 4.74 Å². The second-order valence-corrected chi connectivity index (χ2v) is 6.23. The summed E-state index contributed by atoms with van der Waals surface area (Å²) < 4.78 is 5.60. The maximum Gasteiger partial charge on any atom is 0.331 e. The van der Waals surface area contributed by atoms with Crippen LogP contribution in [0.2, 0.25) is 0 Å². The molecule has 1 heterocycles. The highest BCUT2D eigenvalue weighted by Gasteiger charge is 2.33. The van der Waals surface area contributed by atoms with Crippen LogP contribution in [-0.4, -0.2) is 29.6 Å². The van der Waals surface area contributed by atoms with E-state index in [-0.39, 0.29) is 5.69 Å². The number of piperidine rings is 1. The Bertz CT molecular complexity index is 587. The largest absolute Gasteiger partial charge is 0.456 e. The number of hydrogen-bond donors (Lipinski definition) is 1. The summed E-state index contributed by atoms with van der Waals surface area (Å²) in [6.07, 6.45) is 4.95. The molecule has 124 valence electrons. The van der Waals surface area contributed by atoms with Gasteiger partial charge in [0.1, 0.15) is 5.60 Å². The third-order valence-electron chi connectivity index (χ3n) is 4.20. The van der Waals surface area contributed by atoms with Gasteiger partial charge in [-0.3, -0.25) is 10.1 Å². The lowest BCUT2D eigenvalue weighted by Gasteiger charge is -2.36. The van der Waals surface area contributed by atoms with E-state index >= 15 is 0 Å². The van der Waals surface area contributed by atoms with E-state index in [1.807, 2.05) is 13.8 Å². The van der Waals surface area contributed by atoms with E-state index in [1.54, 1.807) is 18.2 Å². The third kappa shape index (κ3) is 4.89. The van der Waals surface area contributed by atoms with Crippen LogP contribution in [0.4, 0.5) is 5.69 Å². The first kappa shape index (κ1) is 17.1. The Balaban J connectivity index is 1.93. The number of benzene rings is 1. The summed E-state index contributed by atoms with van der Waals surface area (Å²) in [6.45, 7) is 5.79. The molecule has 23 heavy (non-hydrogen) atoms. The van der Waals surface area contributed by atoms with Crippen LogP contribution in [0.25, 0.3) is 6.08 Å². The molecular formula is C17H22N2O4. The molecule has 0 amide bonds. The van der Waals surface area contributed by atoms with Crippen molar-refractivity contribution in [2.45, 2.75) is 32.3 Å². The topological polar surface area (TPSA) is 81.5 Å². The van der Waals surface area contributed by atoms with Gasteiger partial charge in [-0.05, 0) is 63.6 Å². The van der Waals surface area contributed by atoms with Crippen LogP contribution in [-0.2, 0) is 9.53 Å². The van der Waals surface area contributed by atoms with Gasteiger partial charge in [0.25, 0.3) is 5.69 Å². The number of carbonyl (C=O) groups is 1. The fourth-order valence-electron chi connectivity index (χ4n) is 2.77. The molecule has 0 aliphatic carbocycles. The number of hydrogen-bond acceptors (Lipinski definition) is 5. The number of esters is 1. The summed E-state index contributed by atoms with van der Waals surface area (Å²) >= 11 is 0. The number of ether oxygens (including phenoxy) is 1. The Kier molecular flexibility index (Phi) is 5.50. The molecule has 1 saturated heterocycles. The molecule has 1 N–H and O–H groups in total. The quantitative estimate of drug-likeness (QED) is 0.391. The van der Waals surface area contributed by atoms with Gasteiger partial charge in [0.05, 0.1) is 4.92 Å². The minimum atomic E-state index is -0.501. The summed E-state index contributed by atoms with van der Waals surface area (Å²) in [6, 6.07) is 6.01. The van der Waals surface area contributed by atoms with Gasteiger partial charge in [0, 0.05) is 24.1 Å². The molecule has 1 aromatic carbocycles. The smallest absolute Gasteiger partial charge is 0.331 e. The lowest BCUT2D eigenvalue weighted by atomic mass is 9.83. The minimum Gasteiger partial charge on any atom is -0.456 e. The molecule has 6 nitrogen and oxygen atoms in total. The predicted molar refractivity (Wildman–Crippen MR) is 87.9 cm³/mol. The molecule has 1 fully saturated rings. The molecule has 0 bridgehead atoms. The summed E-state index contributed by atoms with van der Waals surface area (Å²) in [5, 5.41) is 13.9. The Morgan fingerprint density at radius 1 is 1.30 bits per heavy atom. The van der Waals surface area contributed by atoms with Gasteiger partial charge < -0.3 is 10.1 Å². The number of rotatable bonds is 5. The molecule has 6 heteroatoms. The van der Waals surface area contributed by atoms with Gasteiger partial charge in [-0.25, -0.2) is 4.79 Å². The van der Waals surface area contributed by atoms with Crippen molar-refractivity contribution in [3.05, 3.63) is 46.0 Å². The summed E-state index contributed by atoms with van der Waals surface area (Å²) in [5.41, 5.74) is 0.239. The fourth-order valence-corrected chi connectivity index (χ4v) is 2.77. The molecule has 1 aromatic rings. The van der Waals surface area contributed by atoms with Crippen LogP contribution in [0.3, 0.4) is 0 Å². The molecule has 1 aliphatic rings. The average molecular weight is 318 g/mol. The maximum atomic E-state index is 12.0. The van der Waals surface area contributed by atoms with Crippen LogP contribution in [0.1, 0.15) is 32.3 Å². The van der Waals surface area contributed by atoms with Crippen LogP contribution in [0.5, 0.6) is 0 Å². The normalized spacial score (nSPS) is 16.4. The fraction of sp³-hybridized carbons (Fsp3) is 0.471. The third-order valence-corrected chi connectivity index (χ3v) is 4.20. The Labute approximate surface area is 135 Å². The van der Waals surface area contributed by atoms with Crippen molar-refractivity contribution in [3.8, 4) is 0 Å². The highest BCUT2D eigenvalue weighted by atomic mass is 16.6. The number of nitrogens with one attached hydrogen (secondary N) is 1. The molecule has 0 radical (unpaired) electrons. The maximum absolute atomic E-state index is 12.0. The van der Waals surface area contributed by atoms with Gasteiger partial charge in [-0.2, -0.15) is 0 Å². The van der Waals surface area contributed by atoms with Crippen LogP contribution in [0.15, 0.2) is 30.3 Å². The number of nitrogens with zero attached hydrogens (tertiary/aromatic N) is 1. The van der Waals surface area contributed by atoms with Gasteiger partial charge >= 0.3 is 5.97 Å². The molecule has 0 atom stereocenters. The highest BCUT2D eigenvalue weighted by molar-refractivity contribution is 5.87. The zero-order chi connectivity index (χ0) is 16.9. The Morgan fingerprint density at radius 2 is 1.91 bits per heavy atom. The second-order valence-electron chi connectivity index (χ2n) is 6.23. The lowest BCUT2D eigenvalue weighted by Crippen LogP contribution is -2.42. The van der Waals surface area contributed by atoms with Gasteiger partial charge in [0.15, 0.2) is 0 Å². The molecule has 0 spiro atoms. The van der Waals surface area contributed by atoms with E-state index in [0.29, 0.717) is 11.5 Å². The van der Waals surface area contributed by atoms with E-state index < -0.39 is 16.5 Å². The van der Waals surface area contributed by atoms with Crippen molar-refractivity contribution in [1.82, 2.24) is 5.32 Å². The van der Waals surface area contributed by atoms with Crippen molar-refractivity contribution in [1.29, 1.82) is 0 Å². The summed E-state index contributed by atoms with van der Waals surface area (Å²) in [7, 11) is 0. The first-order chi connectivity index (χ1) is 10.9. The molecule has 0 saturated carbocycles. The SMILES string of the molecule is CC(C)(OC(=O)/C=C/c1ccc([N+](=O)[O-])cc1)C1CCNCC1. The molecule has 1 aliphatic heterocycles. The van der Waals surface area contributed by atoms with Crippen LogP contribution >= 0.6 is 0 Å². The number of nitro benzene ring substituents is 1. The van der Waals surface area contributed by atoms with Gasteiger partial charge in [-0.15, -0.1) is 0 Å². The molecule has 0 aromatic heterocycles. The lowest BCUT2D eigenvalue weighted by molar-refractivity contribution is -0.384. The van der Waals surface area contributed by atoms with E-state index in [2.05, 4.69) is 5.32 Å². The standard InChI is InChI=1S/C17H22N2O4/c1-17(2,14-9-11-18-12-10-14)23-16(20)8-5-13-3-6-15(7-4-13)19(21)22/h3-8,14,18H,9-12H2,1-2H3/b8-5+. The first-order valence-corrected chi connectivity index (χ1v) is 7.75. The molecule has 0 unspecified atom stereocenters. The van der Waals surface area contributed by atoms with Crippen molar-refractivity contribution >= 4 is 17.7 Å². The van der Waals surface area contributed by atoms with Gasteiger partial charge in [-0.1, -0.05) is 0 Å². The summed E-state index contributed by atoms with van der Waals surface area (Å²) in [5.74, 6) is -0.0487. The summed E-state index contributed by atoms with van der Waals surface area (Å²) in [4.78, 5) is 22.2. The number of non-ortho nitro benzene ring substituents is 1. The van der Waals surface area contributed by atoms with Crippen molar-refractivity contribution in [2.75, 3.05) is 13.1 Å². The van der Waals surface area contributed by atoms with Crippen LogP contribution in [0, 0.1) is 16.0 Å². The Hall–Kier alpha value is -2.21.